The number of anilines is 1. The molecule has 0 aromatic heterocycles. The fourth-order valence-corrected chi connectivity index (χ4v) is 6.71. The van der Waals surface area contributed by atoms with Crippen molar-refractivity contribution in [3.63, 3.8) is 0 Å². The van der Waals surface area contributed by atoms with Crippen LogP contribution in [-0.2, 0) is 4.79 Å². The summed E-state index contributed by atoms with van der Waals surface area (Å²) in [5.41, 5.74) is 3.53. The van der Waals surface area contributed by atoms with Gasteiger partial charge in [-0.1, -0.05) is 84.4 Å². The summed E-state index contributed by atoms with van der Waals surface area (Å²) >= 11 is 6.23. The van der Waals surface area contributed by atoms with Gasteiger partial charge in [0.05, 0.1) is 19.1 Å². The topological polar surface area (TPSA) is 49.9 Å². The number of carbonyl (C=O) groups is 2. The molecule has 2 fully saturated rings. The Morgan fingerprint density at radius 3 is 2.05 bits per heavy atom. The predicted octanol–water partition coefficient (Wildman–Crippen LogP) is 6.44. The highest BCUT2D eigenvalue weighted by Gasteiger charge is 2.59. The maximum atomic E-state index is 14.4. The van der Waals surface area contributed by atoms with E-state index in [0.29, 0.717) is 17.1 Å². The Balaban J connectivity index is 1.47. The van der Waals surface area contributed by atoms with Gasteiger partial charge in [-0.3, -0.25) is 14.5 Å². The molecule has 4 aromatic carbocycles. The number of hydrogen-bond acceptors (Lipinski definition) is 4. The van der Waals surface area contributed by atoms with Gasteiger partial charge >= 0.3 is 0 Å². The monoisotopic (exact) mass is 550 g/mol. The highest BCUT2D eigenvalue weighted by Crippen LogP contribution is 2.49. The summed E-state index contributed by atoms with van der Waals surface area (Å²) in [5, 5.41) is 0.664. The molecule has 2 aliphatic heterocycles. The third-order valence-electron chi connectivity index (χ3n) is 8.46. The van der Waals surface area contributed by atoms with Crippen molar-refractivity contribution in [3.8, 4) is 5.75 Å². The van der Waals surface area contributed by atoms with Gasteiger partial charge in [-0.2, -0.15) is 0 Å². The molecule has 0 unspecified atom stereocenters. The van der Waals surface area contributed by atoms with Crippen LogP contribution in [0, 0.1) is 5.92 Å². The van der Waals surface area contributed by atoms with E-state index in [9.17, 15) is 9.59 Å². The number of Topliss-reactive ketones (excluding diaryl/α,β-unsaturated/α-hetero) is 1. The number of likely N-dealkylation sites (tertiary alicyclic amines) is 1. The Kier molecular flexibility index (Phi) is 7.18. The van der Waals surface area contributed by atoms with E-state index in [-0.39, 0.29) is 41.5 Å². The quantitative estimate of drug-likeness (QED) is 0.196. The first-order chi connectivity index (χ1) is 19.5. The number of ketones is 1. The molecule has 2 saturated heterocycles. The molecular formula is C34H31ClN2O3. The Labute approximate surface area is 239 Å². The molecule has 0 spiro atoms. The second-order valence-electron chi connectivity index (χ2n) is 10.6. The molecule has 0 saturated carbocycles. The van der Waals surface area contributed by atoms with Gasteiger partial charge in [-0.15, -0.1) is 0 Å². The Morgan fingerprint density at radius 2 is 1.43 bits per heavy atom. The van der Waals surface area contributed by atoms with Crippen molar-refractivity contribution in [1.82, 2.24) is 4.90 Å². The average molecular weight is 551 g/mol. The molecule has 40 heavy (non-hydrogen) atoms. The summed E-state index contributed by atoms with van der Waals surface area (Å²) in [7, 11) is 3.70. The highest BCUT2D eigenvalue weighted by atomic mass is 35.5. The Morgan fingerprint density at radius 1 is 0.800 bits per heavy atom. The van der Waals surface area contributed by atoms with Gasteiger partial charge < -0.3 is 9.64 Å². The number of carbonyl (C=O) groups excluding carboxylic acids is 2. The average Bonchev–Trinajstić information content (AvgIpc) is 3.33. The number of benzene rings is 4. The number of amides is 1. The zero-order valence-corrected chi connectivity index (χ0v) is 23.2. The van der Waals surface area contributed by atoms with Crippen molar-refractivity contribution < 1.29 is 14.3 Å². The van der Waals surface area contributed by atoms with Gasteiger partial charge in [0.25, 0.3) is 0 Å². The third-order valence-corrected chi connectivity index (χ3v) is 8.71. The maximum absolute atomic E-state index is 14.4. The van der Waals surface area contributed by atoms with E-state index in [1.54, 1.807) is 7.11 Å². The van der Waals surface area contributed by atoms with Crippen molar-refractivity contribution in [2.45, 2.75) is 23.9 Å². The minimum absolute atomic E-state index is 0.0376. The third kappa shape index (κ3) is 4.59. The predicted molar refractivity (Wildman–Crippen MR) is 158 cm³/mol. The number of halogens is 1. The normalized spacial score (nSPS) is 24.5. The second kappa shape index (κ2) is 10.9. The summed E-state index contributed by atoms with van der Waals surface area (Å²) in [4.78, 5) is 32.4. The smallest absolute Gasteiger partial charge is 0.237 e. The van der Waals surface area contributed by atoms with Crippen molar-refractivity contribution in [2.75, 3.05) is 25.6 Å². The lowest BCUT2D eigenvalue weighted by molar-refractivity contribution is -0.127. The molecule has 0 N–H and O–H groups in total. The molecule has 2 aliphatic rings. The van der Waals surface area contributed by atoms with Crippen LogP contribution in [0.5, 0.6) is 5.75 Å². The van der Waals surface area contributed by atoms with E-state index in [4.69, 9.17) is 16.3 Å². The van der Waals surface area contributed by atoms with Crippen LogP contribution >= 0.6 is 11.6 Å². The van der Waals surface area contributed by atoms with E-state index < -0.39 is 0 Å². The lowest BCUT2D eigenvalue weighted by Gasteiger charge is -2.52. The molecule has 0 radical (unpaired) electrons. The lowest BCUT2D eigenvalue weighted by atomic mass is 9.70. The molecule has 1 amide bonds. The van der Waals surface area contributed by atoms with Crippen molar-refractivity contribution in [2.24, 2.45) is 5.92 Å². The summed E-state index contributed by atoms with van der Waals surface area (Å²) < 4.78 is 5.36. The van der Waals surface area contributed by atoms with Gasteiger partial charge in [0.1, 0.15) is 5.75 Å². The van der Waals surface area contributed by atoms with Crippen LogP contribution in [0.2, 0.25) is 5.02 Å². The van der Waals surface area contributed by atoms with Gasteiger partial charge in [-0.05, 0) is 54.6 Å². The van der Waals surface area contributed by atoms with E-state index in [1.165, 1.54) is 0 Å². The van der Waals surface area contributed by atoms with Gasteiger partial charge in [0, 0.05) is 40.7 Å². The summed E-state index contributed by atoms with van der Waals surface area (Å²) in [5.74, 6) is 0.0893. The minimum atomic E-state index is -0.362. The van der Waals surface area contributed by atoms with E-state index in [0.717, 1.165) is 22.6 Å². The van der Waals surface area contributed by atoms with E-state index in [2.05, 4.69) is 11.9 Å². The van der Waals surface area contributed by atoms with Crippen LogP contribution in [0.1, 0.15) is 33.3 Å². The molecule has 6 heteroatoms. The van der Waals surface area contributed by atoms with E-state index in [1.807, 2.05) is 114 Å². The van der Waals surface area contributed by atoms with Crippen LogP contribution in [0.15, 0.2) is 109 Å². The molecule has 2 heterocycles. The van der Waals surface area contributed by atoms with Crippen LogP contribution < -0.4 is 9.64 Å². The summed E-state index contributed by atoms with van der Waals surface area (Å²) in [6.07, 6.45) is 0. The molecule has 6 rings (SSSR count). The Bertz CT molecular complexity index is 1490. The lowest BCUT2D eigenvalue weighted by Crippen LogP contribution is -2.68. The van der Waals surface area contributed by atoms with Crippen molar-refractivity contribution in [3.05, 3.63) is 131 Å². The van der Waals surface area contributed by atoms with Crippen LogP contribution in [0.4, 0.5) is 5.69 Å². The number of rotatable bonds is 7. The van der Waals surface area contributed by atoms with Crippen LogP contribution in [0.3, 0.4) is 0 Å². The van der Waals surface area contributed by atoms with Crippen molar-refractivity contribution >= 4 is 29.0 Å². The number of hydrogen-bond donors (Lipinski definition) is 0. The van der Waals surface area contributed by atoms with Gasteiger partial charge in [0.15, 0.2) is 5.78 Å². The zero-order valence-electron chi connectivity index (χ0n) is 22.5. The largest absolute Gasteiger partial charge is 0.497 e. The highest BCUT2D eigenvalue weighted by molar-refractivity contribution is 6.30. The van der Waals surface area contributed by atoms with E-state index >= 15 is 0 Å². The summed E-state index contributed by atoms with van der Waals surface area (Å²) in [6.45, 7) is 0.693. The van der Waals surface area contributed by atoms with Gasteiger partial charge in [-0.25, -0.2) is 0 Å². The minimum Gasteiger partial charge on any atom is -0.497 e. The number of methoxy groups -OCH3 is 1. The number of nitrogens with zero attached hydrogens (tertiary/aromatic N) is 2. The molecular weight excluding hydrogens is 520 g/mol. The molecule has 0 aliphatic carbocycles. The number of ether oxygens (including phenoxy) is 1. The fraction of sp³-hybridized carbons (Fsp3) is 0.235. The van der Waals surface area contributed by atoms with Crippen LogP contribution in [0.25, 0.3) is 0 Å². The zero-order chi connectivity index (χ0) is 27.8. The van der Waals surface area contributed by atoms with Crippen LogP contribution in [-0.4, -0.2) is 49.4 Å². The molecule has 5 atom stereocenters. The van der Waals surface area contributed by atoms with Crippen molar-refractivity contribution in [1.29, 1.82) is 0 Å². The first-order valence-corrected chi connectivity index (χ1v) is 13.9. The molecule has 5 nitrogen and oxygen atoms in total. The standard InChI is InChI=1S/C34H31ClN2O3/c1-36-21-28(22-13-15-25(35)16-14-22)30(33(38)24-11-7-4-8-12-24)31(36)32-29(23-9-5-3-6-10-23)34(39)37(32)26-17-19-27(40-2)20-18-26/h3-20,28-32H,21H2,1-2H3/t28-,29+,30-,31-,32-/m0/s1. The first kappa shape index (κ1) is 26.3. The maximum Gasteiger partial charge on any atom is 0.237 e. The summed E-state index contributed by atoms with van der Waals surface area (Å²) in [6, 6.07) is 34.4. The number of β-lactam (4-membered cyclic amide) rings is 1. The molecule has 4 aromatic rings. The molecule has 0 bridgehead atoms. The second-order valence-corrected chi connectivity index (χ2v) is 11.1. The fourth-order valence-electron chi connectivity index (χ4n) is 6.59. The van der Waals surface area contributed by atoms with Gasteiger partial charge in [0.2, 0.25) is 5.91 Å². The first-order valence-electron chi connectivity index (χ1n) is 13.5. The Hall–Kier alpha value is -3.93. The SMILES string of the molecule is COc1ccc(N2C(=O)[C@H](c3ccccc3)[C@H]2[C@@H]2[C@@H](C(=O)c3ccccc3)[C@H](c3ccc(Cl)cc3)CN2C)cc1. The molecule has 202 valence electrons. The number of likely N-dealkylation sites (N-methyl/N-ethyl adjacent to an activating group) is 1.